The third kappa shape index (κ3) is 7.28. The number of piperidine rings is 1. The molecule has 1 aliphatic rings. The lowest BCUT2D eigenvalue weighted by atomic mass is 9.91. The second-order valence-corrected chi connectivity index (χ2v) is 7.94. The molecule has 1 amide bonds. The molecule has 1 fully saturated rings. The Kier molecular flexibility index (Phi) is 10.8. The molecule has 1 heterocycles. The molecule has 0 spiro atoms. The Bertz CT molecular complexity index is 768. The fourth-order valence-corrected chi connectivity index (χ4v) is 3.71. The maximum atomic E-state index is 13.7. The predicted octanol–water partition coefficient (Wildman–Crippen LogP) is 6.74. The van der Waals surface area contributed by atoms with E-state index in [4.69, 9.17) is 11.6 Å². The Morgan fingerprint density at radius 1 is 1.37 bits per heavy atom. The summed E-state index contributed by atoms with van der Waals surface area (Å²) in [5.74, 6) is -0.243. The molecule has 4 nitrogen and oxygen atoms in total. The Morgan fingerprint density at radius 2 is 2.03 bits per heavy atom. The van der Waals surface area contributed by atoms with Gasteiger partial charge < -0.3 is 4.90 Å². The first-order valence-electron chi connectivity index (χ1n) is 10.6. The number of hydrogen-bond acceptors (Lipinski definition) is 3. The van der Waals surface area contributed by atoms with Crippen LogP contribution in [-0.4, -0.2) is 35.1 Å². The summed E-state index contributed by atoms with van der Waals surface area (Å²) in [6.07, 6.45) is 5.74. The first kappa shape index (κ1) is 25.9. The van der Waals surface area contributed by atoms with Crippen LogP contribution < -0.4 is 0 Å². The Labute approximate surface area is 186 Å². The lowest BCUT2D eigenvalue weighted by molar-refractivity contribution is 0.0678. The molecule has 1 aliphatic heterocycles. The van der Waals surface area contributed by atoms with Crippen molar-refractivity contribution in [3.63, 3.8) is 0 Å². The first-order chi connectivity index (χ1) is 14.2. The lowest BCUT2D eigenvalue weighted by Gasteiger charge is -2.37. The van der Waals surface area contributed by atoms with Crippen LogP contribution in [-0.2, 0) is 0 Å². The van der Waals surface area contributed by atoms with Gasteiger partial charge in [0.1, 0.15) is 5.82 Å². The van der Waals surface area contributed by atoms with E-state index in [1.165, 1.54) is 18.2 Å². The second-order valence-electron chi connectivity index (χ2n) is 7.50. The largest absolute Gasteiger partial charge is 0.338 e. The van der Waals surface area contributed by atoms with Crippen molar-refractivity contribution in [2.75, 3.05) is 13.1 Å². The number of allylic oxidation sites excluding steroid dienone is 2. The summed E-state index contributed by atoms with van der Waals surface area (Å²) >= 11 is 5.93. The second kappa shape index (κ2) is 12.5. The highest BCUT2D eigenvalue weighted by Crippen LogP contribution is 2.30. The Balaban J connectivity index is 0.00000218. The number of hydrogen-bond donors (Lipinski definition) is 0. The minimum Gasteiger partial charge on any atom is -0.338 e. The van der Waals surface area contributed by atoms with Gasteiger partial charge in [0.25, 0.3) is 5.91 Å². The number of halogens is 2. The van der Waals surface area contributed by atoms with E-state index < -0.39 is 5.82 Å². The van der Waals surface area contributed by atoms with E-state index in [1.54, 1.807) is 11.1 Å². The molecule has 1 unspecified atom stereocenters. The lowest BCUT2D eigenvalue weighted by Crippen LogP contribution is -2.42. The van der Waals surface area contributed by atoms with Crippen molar-refractivity contribution in [3.8, 4) is 0 Å². The minimum absolute atomic E-state index is 0.129. The number of rotatable bonds is 6. The number of carbonyl (C=O) groups excluding carboxylic acids is 1. The number of carbonyl (C=O) groups is 1. The molecular formula is C24H35ClFN3O. The van der Waals surface area contributed by atoms with Gasteiger partial charge in [0.15, 0.2) is 0 Å². The van der Waals surface area contributed by atoms with E-state index in [0.717, 1.165) is 24.2 Å². The first-order valence-corrected chi connectivity index (χ1v) is 11.0. The van der Waals surface area contributed by atoms with Gasteiger partial charge in [-0.3, -0.25) is 4.79 Å². The van der Waals surface area contributed by atoms with Crippen LogP contribution in [0.25, 0.3) is 0 Å². The van der Waals surface area contributed by atoms with Crippen molar-refractivity contribution in [3.05, 3.63) is 58.7 Å². The van der Waals surface area contributed by atoms with Crippen molar-refractivity contribution in [2.24, 2.45) is 16.9 Å². The third-order valence-corrected chi connectivity index (χ3v) is 4.80. The van der Waals surface area contributed by atoms with Crippen LogP contribution >= 0.6 is 11.6 Å². The number of amides is 1. The van der Waals surface area contributed by atoms with Crippen LogP contribution in [0.3, 0.4) is 0 Å². The highest BCUT2D eigenvalue weighted by atomic mass is 35.5. The van der Waals surface area contributed by atoms with Crippen LogP contribution in [0.4, 0.5) is 4.39 Å². The van der Waals surface area contributed by atoms with Crippen LogP contribution in [0, 0.1) is 17.7 Å². The van der Waals surface area contributed by atoms with E-state index >= 15 is 0 Å². The number of nitrogens with zero attached hydrogens (tertiary/aromatic N) is 3. The van der Waals surface area contributed by atoms with Crippen molar-refractivity contribution in [1.29, 1.82) is 0 Å². The van der Waals surface area contributed by atoms with Crippen LogP contribution in [0.1, 0.15) is 64.7 Å². The highest BCUT2D eigenvalue weighted by Gasteiger charge is 2.30. The molecule has 0 aliphatic carbocycles. The molecule has 2 rings (SSSR count). The predicted molar refractivity (Wildman–Crippen MR) is 125 cm³/mol. The molecular weight excluding hydrogens is 401 g/mol. The van der Waals surface area contributed by atoms with Gasteiger partial charge in [-0.2, -0.15) is 5.10 Å². The summed E-state index contributed by atoms with van der Waals surface area (Å²) in [6, 6.07) is 3.96. The van der Waals surface area contributed by atoms with Crippen LogP contribution in [0.2, 0.25) is 5.02 Å². The fourth-order valence-electron chi connectivity index (χ4n) is 3.49. The topological polar surface area (TPSA) is 35.9 Å². The molecule has 1 atom stereocenters. The molecule has 0 radical (unpaired) electrons. The summed E-state index contributed by atoms with van der Waals surface area (Å²) in [5.41, 5.74) is 2.16. The van der Waals surface area contributed by atoms with Gasteiger partial charge in [-0.15, -0.1) is 0 Å². The monoisotopic (exact) mass is 435 g/mol. The van der Waals surface area contributed by atoms with Crippen molar-refractivity contribution < 1.29 is 9.18 Å². The molecule has 0 N–H and O–H groups in total. The third-order valence-electron chi connectivity index (χ3n) is 4.58. The van der Waals surface area contributed by atoms with Gasteiger partial charge in [-0.05, 0) is 50.8 Å². The van der Waals surface area contributed by atoms with E-state index in [9.17, 15) is 9.18 Å². The van der Waals surface area contributed by atoms with E-state index in [0.29, 0.717) is 19.0 Å². The summed E-state index contributed by atoms with van der Waals surface area (Å²) in [5, 5.41) is 6.56. The highest BCUT2D eigenvalue weighted by molar-refractivity contribution is 6.31. The average molecular weight is 436 g/mol. The van der Waals surface area contributed by atoms with Crippen LogP contribution in [0.15, 0.2) is 47.3 Å². The molecule has 1 aromatic carbocycles. The molecule has 30 heavy (non-hydrogen) atoms. The maximum absolute atomic E-state index is 13.7. The molecule has 1 saturated heterocycles. The van der Waals surface area contributed by atoms with Gasteiger partial charge in [-0.25, -0.2) is 9.40 Å². The van der Waals surface area contributed by atoms with Gasteiger partial charge in [0.2, 0.25) is 0 Å². The number of hydrazone groups is 1. The normalized spacial score (nSPS) is 17.0. The van der Waals surface area contributed by atoms with Gasteiger partial charge >= 0.3 is 0 Å². The Hall–Kier alpha value is -2.14. The molecule has 6 heteroatoms. The van der Waals surface area contributed by atoms with Gasteiger partial charge in [0, 0.05) is 47.2 Å². The molecule has 166 valence electrons. The van der Waals surface area contributed by atoms with Crippen molar-refractivity contribution >= 4 is 23.7 Å². The summed E-state index contributed by atoms with van der Waals surface area (Å²) in [4.78, 5) is 14.7. The SMILES string of the molecule is C=C(C)N(/N=C\C)/C(=C\C(C)C)C1CCCN(C(=O)c2cc(F)cc(Cl)c2)C1.CC. The zero-order valence-corrected chi connectivity index (χ0v) is 19.8. The van der Waals surface area contributed by atoms with Gasteiger partial charge in [-0.1, -0.05) is 52.0 Å². The molecule has 1 aromatic rings. The zero-order chi connectivity index (χ0) is 22.8. The van der Waals surface area contributed by atoms with Crippen molar-refractivity contribution in [1.82, 2.24) is 9.91 Å². The molecule has 0 bridgehead atoms. The minimum atomic E-state index is -0.504. The standard InChI is InChI=1S/C22H29ClFN3O.C2H6/c1-6-25-27(16(4)5)21(10-15(2)3)17-8-7-9-26(14-17)22(28)18-11-19(23)13-20(24)12-18;1-2/h6,10-13,15,17H,4,7-9,14H2,1-3,5H3;1-2H3/b21-10-,25-6-;. The maximum Gasteiger partial charge on any atom is 0.254 e. The zero-order valence-electron chi connectivity index (χ0n) is 19.1. The fraction of sp³-hybridized carbons (Fsp3) is 0.500. The van der Waals surface area contributed by atoms with E-state index in [-0.39, 0.29) is 22.4 Å². The molecule has 0 aromatic heterocycles. The number of benzene rings is 1. The van der Waals surface area contributed by atoms with E-state index in [1.807, 2.05) is 32.7 Å². The van der Waals surface area contributed by atoms with Crippen molar-refractivity contribution in [2.45, 2.75) is 54.4 Å². The summed E-state index contributed by atoms with van der Waals surface area (Å²) < 4.78 is 13.7. The average Bonchev–Trinajstić information content (AvgIpc) is 2.70. The Morgan fingerprint density at radius 3 is 2.57 bits per heavy atom. The summed E-state index contributed by atoms with van der Waals surface area (Å²) in [6.45, 7) is 17.3. The number of likely N-dealkylation sites (tertiary alicyclic amines) is 1. The molecule has 0 saturated carbocycles. The van der Waals surface area contributed by atoms with Gasteiger partial charge in [0.05, 0.1) is 0 Å². The summed E-state index contributed by atoms with van der Waals surface area (Å²) in [7, 11) is 0. The van der Waals surface area contributed by atoms with E-state index in [2.05, 4.69) is 31.6 Å². The van der Waals surface area contributed by atoms with Crippen LogP contribution in [0.5, 0.6) is 0 Å². The smallest absolute Gasteiger partial charge is 0.254 e. The quantitative estimate of drug-likeness (QED) is 0.366.